The van der Waals surface area contributed by atoms with E-state index in [2.05, 4.69) is 4.72 Å². The molecular formula is C13H19NO6S. The van der Waals surface area contributed by atoms with Crippen LogP contribution in [-0.2, 0) is 19.5 Å². The Kier molecular flexibility index (Phi) is 6.76. The number of benzene rings is 1. The van der Waals surface area contributed by atoms with Crippen LogP contribution in [0.25, 0.3) is 0 Å². The Bertz CT molecular complexity index is 584. The van der Waals surface area contributed by atoms with E-state index in [-0.39, 0.29) is 23.6 Å². The van der Waals surface area contributed by atoms with E-state index in [0.29, 0.717) is 18.8 Å². The molecule has 0 aliphatic heterocycles. The summed E-state index contributed by atoms with van der Waals surface area (Å²) in [6.45, 7) is 2.73. The molecule has 7 nitrogen and oxygen atoms in total. The molecule has 8 heteroatoms. The molecule has 21 heavy (non-hydrogen) atoms. The van der Waals surface area contributed by atoms with Crippen molar-refractivity contribution in [3.05, 3.63) is 29.3 Å². The second-order valence-electron chi connectivity index (χ2n) is 4.29. The summed E-state index contributed by atoms with van der Waals surface area (Å²) in [5, 5.41) is 8.92. The summed E-state index contributed by atoms with van der Waals surface area (Å²) in [6.07, 6.45) is 0. The lowest BCUT2D eigenvalue weighted by atomic mass is 10.1. The van der Waals surface area contributed by atoms with Crippen LogP contribution in [0.5, 0.6) is 0 Å². The minimum absolute atomic E-state index is 0.0423. The van der Waals surface area contributed by atoms with Gasteiger partial charge in [-0.05, 0) is 24.6 Å². The highest BCUT2D eigenvalue weighted by Crippen LogP contribution is 2.16. The Morgan fingerprint density at radius 1 is 1.29 bits per heavy atom. The number of aryl methyl sites for hydroxylation is 1. The molecule has 1 aromatic rings. The van der Waals surface area contributed by atoms with Crippen LogP contribution in [0, 0.1) is 6.92 Å². The van der Waals surface area contributed by atoms with E-state index < -0.39 is 16.0 Å². The van der Waals surface area contributed by atoms with Crippen molar-refractivity contribution >= 4 is 16.0 Å². The lowest BCUT2D eigenvalue weighted by Gasteiger charge is -2.10. The maximum absolute atomic E-state index is 12.1. The first-order valence-electron chi connectivity index (χ1n) is 6.29. The van der Waals surface area contributed by atoms with Crippen LogP contribution >= 0.6 is 0 Å². The van der Waals surface area contributed by atoms with Crippen molar-refractivity contribution in [3.8, 4) is 0 Å². The van der Waals surface area contributed by atoms with Gasteiger partial charge in [-0.2, -0.15) is 0 Å². The van der Waals surface area contributed by atoms with Crippen molar-refractivity contribution in [1.29, 1.82) is 0 Å². The molecule has 0 aliphatic carbocycles. The summed E-state index contributed by atoms with van der Waals surface area (Å²) >= 11 is 0. The Hall–Kier alpha value is -1.48. The zero-order valence-corrected chi connectivity index (χ0v) is 12.8. The topological polar surface area (TPSA) is 102 Å². The van der Waals surface area contributed by atoms with Crippen molar-refractivity contribution in [2.45, 2.75) is 11.8 Å². The van der Waals surface area contributed by atoms with Crippen molar-refractivity contribution in [1.82, 2.24) is 4.72 Å². The fraction of sp³-hybridized carbons (Fsp3) is 0.462. The number of hydrogen-bond donors (Lipinski definition) is 2. The van der Waals surface area contributed by atoms with Gasteiger partial charge in [-0.15, -0.1) is 0 Å². The Morgan fingerprint density at radius 2 is 2.00 bits per heavy atom. The molecular weight excluding hydrogens is 298 g/mol. The van der Waals surface area contributed by atoms with E-state index in [0.717, 1.165) is 6.07 Å². The fourth-order valence-electron chi connectivity index (χ4n) is 1.59. The summed E-state index contributed by atoms with van der Waals surface area (Å²) in [6, 6.07) is 3.98. The minimum atomic E-state index is -3.76. The number of sulfonamides is 1. The van der Waals surface area contributed by atoms with E-state index in [1.807, 2.05) is 0 Å². The fourth-order valence-corrected chi connectivity index (χ4v) is 2.87. The first kappa shape index (κ1) is 17.6. The van der Waals surface area contributed by atoms with Gasteiger partial charge >= 0.3 is 5.97 Å². The van der Waals surface area contributed by atoms with E-state index in [4.69, 9.17) is 14.6 Å². The van der Waals surface area contributed by atoms with Crippen LogP contribution in [0.1, 0.15) is 15.9 Å². The minimum Gasteiger partial charge on any atom is -0.478 e. The highest BCUT2D eigenvalue weighted by atomic mass is 32.2. The summed E-state index contributed by atoms with van der Waals surface area (Å²) < 4.78 is 36.6. The molecule has 0 radical (unpaired) electrons. The highest BCUT2D eigenvalue weighted by molar-refractivity contribution is 7.89. The number of methoxy groups -OCH3 is 1. The van der Waals surface area contributed by atoms with Crippen LogP contribution in [0.15, 0.2) is 23.1 Å². The number of carboxylic acid groups (broad SMARTS) is 1. The summed E-state index contributed by atoms with van der Waals surface area (Å²) in [7, 11) is -2.22. The molecule has 1 rings (SSSR count). The van der Waals surface area contributed by atoms with Crippen LogP contribution in [0.3, 0.4) is 0 Å². The first-order chi connectivity index (χ1) is 9.88. The molecule has 0 unspecified atom stereocenters. The van der Waals surface area contributed by atoms with E-state index in [1.165, 1.54) is 12.1 Å². The molecule has 118 valence electrons. The van der Waals surface area contributed by atoms with Gasteiger partial charge in [-0.1, -0.05) is 6.07 Å². The molecule has 1 aromatic carbocycles. The van der Waals surface area contributed by atoms with Crippen LogP contribution in [-0.4, -0.2) is 53.0 Å². The highest BCUT2D eigenvalue weighted by Gasteiger charge is 2.18. The summed E-state index contributed by atoms with van der Waals surface area (Å²) in [5.74, 6) is -1.17. The number of hydrogen-bond acceptors (Lipinski definition) is 5. The average molecular weight is 317 g/mol. The lowest BCUT2D eigenvalue weighted by molar-refractivity contribution is 0.0696. The van der Waals surface area contributed by atoms with Gasteiger partial charge in [0, 0.05) is 13.7 Å². The van der Waals surface area contributed by atoms with Gasteiger partial charge in [0.1, 0.15) is 0 Å². The van der Waals surface area contributed by atoms with Gasteiger partial charge < -0.3 is 14.6 Å². The molecule has 0 heterocycles. The Labute approximate surface area is 123 Å². The first-order valence-corrected chi connectivity index (χ1v) is 7.77. The number of rotatable bonds is 9. The molecule has 2 N–H and O–H groups in total. The molecule has 0 bridgehead atoms. The number of aromatic carboxylic acids is 1. The summed E-state index contributed by atoms with van der Waals surface area (Å²) in [4.78, 5) is 10.9. The zero-order chi connectivity index (χ0) is 15.9. The second kappa shape index (κ2) is 8.08. The third-order valence-corrected chi connectivity index (χ3v) is 4.30. The van der Waals surface area contributed by atoms with E-state index in [1.54, 1.807) is 14.0 Å². The van der Waals surface area contributed by atoms with Gasteiger partial charge in [0.2, 0.25) is 10.0 Å². The summed E-state index contributed by atoms with van der Waals surface area (Å²) in [5.41, 5.74) is 0.408. The van der Waals surface area contributed by atoms with Gasteiger partial charge in [-0.3, -0.25) is 0 Å². The SMILES string of the molecule is COCCOCCNS(=O)(=O)c1cc(C(=O)O)ccc1C. The maximum Gasteiger partial charge on any atom is 0.335 e. The third kappa shape index (κ3) is 5.43. The standard InChI is InChI=1S/C13H19NO6S/c1-10-3-4-11(13(15)16)9-12(10)21(17,18)14-5-6-20-8-7-19-2/h3-4,9,14H,5-8H2,1-2H3,(H,15,16). The lowest BCUT2D eigenvalue weighted by Crippen LogP contribution is -2.28. The zero-order valence-electron chi connectivity index (χ0n) is 12.0. The van der Waals surface area contributed by atoms with E-state index in [9.17, 15) is 13.2 Å². The molecule has 0 amide bonds. The van der Waals surface area contributed by atoms with Gasteiger partial charge in [0.15, 0.2) is 0 Å². The molecule has 0 saturated heterocycles. The molecule has 0 spiro atoms. The monoisotopic (exact) mass is 317 g/mol. The van der Waals surface area contributed by atoms with Crippen LogP contribution < -0.4 is 4.72 Å². The average Bonchev–Trinajstić information content (AvgIpc) is 2.42. The van der Waals surface area contributed by atoms with Gasteiger partial charge in [0.05, 0.1) is 30.3 Å². The van der Waals surface area contributed by atoms with Crippen molar-refractivity contribution in [2.75, 3.05) is 33.5 Å². The normalized spacial score (nSPS) is 11.5. The van der Waals surface area contributed by atoms with Crippen molar-refractivity contribution in [3.63, 3.8) is 0 Å². The number of carboxylic acids is 1. The number of ether oxygens (including phenoxy) is 2. The Balaban J connectivity index is 2.70. The molecule has 0 aromatic heterocycles. The van der Waals surface area contributed by atoms with Crippen molar-refractivity contribution < 1.29 is 27.8 Å². The van der Waals surface area contributed by atoms with Crippen LogP contribution in [0.4, 0.5) is 0 Å². The quantitative estimate of drug-likeness (QED) is 0.648. The predicted octanol–water partition coefficient (Wildman–Crippen LogP) is 0.635. The molecule has 0 atom stereocenters. The van der Waals surface area contributed by atoms with Gasteiger partial charge in [0.25, 0.3) is 0 Å². The maximum atomic E-state index is 12.1. The smallest absolute Gasteiger partial charge is 0.335 e. The third-order valence-electron chi connectivity index (χ3n) is 2.69. The second-order valence-corrected chi connectivity index (χ2v) is 6.02. The molecule has 0 fully saturated rings. The van der Waals surface area contributed by atoms with Gasteiger partial charge in [-0.25, -0.2) is 17.9 Å². The van der Waals surface area contributed by atoms with Crippen molar-refractivity contribution in [2.24, 2.45) is 0 Å². The number of nitrogens with one attached hydrogen (secondary N) is 1. The van der Waals surface area contributed by atoms with E-state index >= 15 is 0 Å². The number of carbonyl (C=O) groups is 1. The Morgan fingerprint density at radius 3 is 2.62 bits per heavy atom. The largest absolute Gasteiger partial charge is 0.478 e. The molecule has 0 aliphatic rings. The predicted molar refractivity (Wildman–Crippen MR) is 76.0 cm³/mol. The van der Waals surface area contributed by atoms with Crippen LogP contribution in [0.2, 0.25) is 0 Å². The molecule has 0 saturated carbocycles.